The van der Waals surface area contributed by atoms with E-state index in [9.17, 15) is 9.90 Å². The fourth-order valence-corrected chi connectivity index (χ4v) is 1.99. The average Bonchev–Trinajstić information content (AvgIpc) is 2.48. The van der Waals surface area contributed by atoms with Gasteiger partial charge in [-0.2, -0.15) is 0 Å². The summed E-state index contributed by atoms with van der Waals surface area (Å²) in [5.74, 6) is -0.112. The van der Waals surface area contributed by atoms with Crippen molar-refractivity contribution in [3.05, 3.63) is 59.2 Å². The summed E-state index contributed by atoms with van der Waals surface area (Å²) in [5, 5.41) is 12.6. The molecule has 104 valence electrons. The topological polar surface area (TPSA) is 75.4 Å². The third-order valence-electron chi connectivity index (χ3n) is 3.33. The maximum atomic E-state index is 12.1. The molecule has 0 aromatic heterocycles. The summed E-state index contributed by atoms with van der Waals surface area (Å²) in [5.41, 5.74) is 8.66. The van der Waals surface area contributed by atoms with Crippen molar-refractivity contribution in [3.8, 4) is 5.75 Å². The lowest BCUT2D eigenvalue weighted by Crippen LogP contribution is -2.27. The Morgan fingerprint density at radius 3 is 2.45 bits per heavy atom. The maximum absolute atomic E-state index is 12.1. The van der Waals surface area contributed by atoms with Crippen LogP contribution in [0.1, 0.15) is 22.7 Å². The van der Waals surface area contributed by atoms with Crippen molar-refractivity contribution in [3.63, 3.8) is 0 Å². The largest absolute Gasteiger partial charge is 0.507 e. The summed E-state index contributed by atoms with van der Waals surface area (Å²) < 4.78 is 0. The average molecular weight is 270 g/mol. The van der Waals surface area contributed by atoms with E-state index < -0.39 is 6.04 Å². The molecule has 0 spiro atoms. The summed E-state index contributed by atoms with van der Waals surface area (Å²) in [6.07, 6.45) is 0. The summed E-state index contributed by atoms with van der Waals surface area (Å²) in [6, 6.07) is 12.0. The number of aryl methyl sites for hydroxylation is 1. The van der Waals surface area contributed by atoms with Gasteiger partial charge in [-0.1, -0.05) is 36.4 Å². The van der Waals surface area contributed by atoms with E-state index >= 15 is 0 Å². The van der Waals surface area contributed by atoms with E-state index in [4.69, 9.17) is 5.73 Å². The highest BCUT2D eigenvalue weighted by molar-refractivity contribution is 5.96. The second kappa shape index (κ2) is 5.75. The van der Waals surface area contributed by atoms with E-state index in [0.717, 1.165) is 11.1 Å². The van der Waals surface area contributed by atoms with Gasteiger partial charge in [0.1, 0.15) is 11.8 Å². The number of amides is 1. The number of rotatable bonds is 3. The molecular formula is C16H18N2O2. The minimum Gasteiger partial charge on any atom is -0.507 e. The smallest absolute Gasteiger partial charge is 0.245 e. The molecule has 0 aliphatic carbocycles. The fourth-order valence-electron chi connectivity index (χ4n) is 1.99. The number of carbonyl (C=O) groups excluding carboxylic acids is 1. The summed E-state index contributed by atoms with van der Waals surface area (Å²) >= 11 is 0. The number of hydrogen-bond acceptors (Lipinski definition) is 3. The Balaban J connectivity index is 2.18. The van der Waals surface area contributed by atoms with E-state index in [-0.39, 0.29) is 11.7 Å². The number of nitrogens with one attached hydrogen (secondary N) is 1. The van der Waals surface area contributed by atoms with Gasteiger partial charge in [0.25, 0.3) is 0 Å². The van der Waals surface area contributed by atoms with Gasteiger partial charge >= 0.3 is 0 Å². The lowest BCUT2D eigenvalue weighted by atomic mass is 10.1. The first kappa shape index (κ1) is 14.1. The summed E-state index contributed by atoms with van der Waals surface area (Å²) in [7, 11) is 0. The number of phenolic OH excluding ortho intramolecular Hbond substituents is 1. The third-order valence-corrected chi connectivity index (χ3v) is 3.33. The van der Waals surface area contributed by atoms with E-state index in [1.165, 1.54) is 0 Å². The van der Waals surface area contributed by atoms with Crippen LogP contribution in [-0.2, 0) is 4.79 Å². The van der Waals surface area contributed by atoms with Crippen LogP contribution in [0.2, 0.25) is 0 Å². The molecule has 0 heterocycles. The SMILES string of the molecule is Cc1ccc(NC(=O)[C@@H](N)c2ccccc2)c(C)c1O. The molecule has 1 amide bonds. The minimum absolute atomic E-state index is 0.191. The first-order valence-corrected chi connectivity index (χ1v) is 6.41. The van der Waals surface area contributed by atoms with Crippen LogP contribution in [0.3, 0.4) is 0 Å². The van der Waals surface area contributed by atoms with Crippen molar-refractivity contribution in [1.29, 1.82) is 0 Å². The van der Waals surface area contributed by atoms with Gasteiger partial charge in [0.05, 0.1) is 0 Å². The number of aromatic hydroxyl groups is 1. The van der Waals surface area contributed by atoms with Crippen molar-refractivity contribution < 1.29 is 9.90 Å². The van der Waals surface area contributed by atoms with Crippen molar-refractivity contribution in [2.45, 2.75) is 19.9 Å². The zero-order valence-corrected chi connectivity index (χ0v) is 11.6. The first-order valence-electron chi connectivity index (χ1n) is 6.41. The zero-order valence-electron chi connectivity index (χ0n) is 11.6. The number of nitrogens with two attached hydrogens (primary N) is 1. The van der Waals surface area contributed by atoms with Crippen LogP contribution < -0.4 is 11.1 Å². The van der Waals surface area contributed by atoms with E-state index in [1.807, 2.05) is 37.3 Å². The van der Waals surface area contributed by atoms with Crippen molar-refractivity contribution in [1.82, 2.24) is 0 Å². The summed E-state index contributed by atoms with van der Waals surface area (Å²) in [6.45, 7) is 3.57. The molecular weight excluding hydrogens is 252 g/mol. The highest BCUT2D eigenvalue weighted by atomic mass is 16.3. The van der Waals surface area contributed by atoms with Gasteiger partial charge in [-0.05, 0) is 31.0 Å². The Bertz CT molecular complexity index is 624. The van der Waals surface area contributed by atoms with Crippen LogP contribution in [0.15, 0.2) is 42.5 Å². The quantitative estimate of drug-likeness (QED) is 0.802. The third kappa shape index (κ3) is 2.81. The van der Waals surface area contributed by atoms with Gasteiger partial charge in [0.15, 0.2) is 0 Å². The lowest BCUT2D eigenvalue weighted by Gasteiger charge is -2.15. The molecule has 4 heteroatoms. The van der Waals surface area contributed by atoms with Gasteiger partial charge in [-0.15, -0.1) is 0 Å². The number of benzene rings is 2. The molecule has 0 aliphatic rings. The van der Waals surface area contributed by atoms with Crippen LogP contribution in [0.25, 0.3) is 0 Å². The fraction of sp³-hybridized carbons (Fsp3) is 0.188. The lowest BCUT2D eigenvalue weighted by molar-refractivity contribution is -0.117. The molecule has 0 saturated carbocycles. The van der Waals surface area contributed by atoms with Gasteiger partial charge in [-0.3, -0.25) is 4.79 Å². The van der Waals surface area contributed by atoms with Crippen LogP contribution in [0.4, 0.5) is 5.69 Å². The maximum Gasteiger partial charge on any atom is 0.245 e. The predicted octanol–water partition coefficient (Wildman–Crippen LogP) is 2.65. The zero-order chi connectivity index (χ0) is 14.7. The molecule has 2 rings (SSSR count). The number of carbonyl (C=O) groups is 1. The van der Waals surface area contributed by atoms with Gasteiger partial charge < -0.3 is 16.2 Å². The molecule has 0 aliphatic heterocycles. The van der Waals surface area contributed by atoms with Crippen LogP contribution in [0.5, 0.6) is 5.75 Å². The molecule has 0 bridgehead atoms. The van der Waals surface area contributed by atoms with E-state index in [2.05, 4.69) is 5.32 Å². The van der Waals surface area contributed by atoms with Crippen LogP contribution in [0, 0.1) is 13.8 Å². The highest BCUT2D eigenvalue weighted by Gasteiger charge is 2.17. The summed E-state index contributed by atoms with van der Waals surface area (Å²) in [4.78, 5) is 12.1. The molecule has 2 aromatic carbocycles. The highest BCUT2D eigenvalue weighted by Crippen LogP contribution is 2.28. The Labute approximate surface area is 118 Å². The second-order valence-electron chi connectivity index (χ2n) is 4.78. The number of hydrogen-bond donors (Lipinski definition) is 3. The van der Waals surface area contributed by atoms with E-state index in [1.54, 1.807) is 19.1 Å². The minimum atomic E-state index is -0.737. The second-order valence-corrected chi connectivity index (χ2v) is 4.78. The Hall–Kier alpha value is -2.33. The van der Waals surface area contributed by atoms with Gasteiger partial charge in [0.2, 0.25) is 5.91 Å². The number of anilines is 1. The first-order chi connectivity index (χ1) is 9.50. The molecule has 4 nitrogen and oxygen atoms in total. The molecule has 0 unspecified atom stereocenters. The standard InChI is InChI=1S/C16H18N2O2/c1-10-8-9-13(11(2)15(10)19)18-16(20)14(17)12-6-4-3-5-7-12/h3-9,14,19H,17H2,1-2H3,(H,18,20)/t14-/m0/s1. The van der Waals surface area contributed by atoms with Crippen molar-refractivity contribution in [2.24, 2.45) is 5.73 Å². The molecule has 20 heavy (non-hydrogen) atoms. The molecule has 0 saturated heterocycles. The molecule has 0 fully saturated rings. The molecule has 1 atom stereocenters. The Kier molecular flexibility index (Phi) is 4.05. The van der Waals surface area contributed by atoms with E-state index in [0.29, 0.717) is 11.3 Å². The normalized spacial score (nSPS) is 11.9. The molecule has 4 N–H and O–H groups in total. The van der Waals surface area contributed by atoms with Crippen molar-refractivity contribution in [2.75, 3.05) is 5.32 Å². The van der Waals surface area contributed by atoms with Crippen LogP contribution in [-0.4, -0.2) is 11.0 Å². The van der Waals surface area contributed by atoms with Crippen molar-refractivity contribution >= 4 is 11.6 Å². The van der Waals surface area contributed by atoms with Crippen LogP contribution >= 0.6 is 0 Å². The molecule has 2 aromatic rings. The van der Waals surface area contributed by atoms with Gasteiger partial charge in [-0.25, -0.2) is 0 Å². The Morgan fingerprint density at radius 2 is 1.80 bits per heavy atom. The predicted molar refractivity (Wildman–Crippen MR) is 79.6 cm³/mol. The Morgan fingerprint density at radius 1 is 1.15 bits per heavy atom. The number of phenols is 1. The van der Waals surface area contributed by atoms with Gasteiger partial charge in [0, 0.05) is 11.3 Å². The molecule has 0 radical (unpaired) electrons. The monoisotopic (exact) mass is 270 g/mol.